The van der Waals surface area contributed by atoms with Gasteiger partial charge in [0.2, 0.25) is 0 Å². The van der Waals surface area contributed by atoms with Crippen LogP contribution in [-0.4, -0.2) is 38.6 Å². The second-order valence-electron chi connectivity index (χ2n) is 5.52. The molecule has 0 bridgehead atoms. The molecule has 0 amide bonds. The maximum atomic E-state index is 4.67. The standard InChI is InChI=1S/C16H27N7.HI/c1-5-17-16(18-8-6-10-23-11-7-9-20-23)19-12-15-13(2)21-22(4)14(15)3;/h7,9,11H,5-6,8,10,12H2,1-4H3,(H2,17,18,19);1H. The number of halogens is 1. The van der Waals surface area contributed by atoms with E-state index >= 15 is 0 Å². The van der Waals surface area contributed by atoms with E-state index in [1.807, 2.05) is 35.6 Å². The van der Waals surface area contributed by atoms with Crippen LogP contribution in [0.3, 0.4) is 0 Å². The normalized spacial score (nSPS) is 11.2. The summed E-state index contributed by atoms with van der Waals surface area (Å²) in [5.74, 6) is 0.843. The van der Waals surface area contributed by atoms with Crippen LogP contribution in [0.1, 0.15) is 30.3 Å². The minimum atomic E-state index is 0. The third-order valence-corrected chi connectivity index (χ3v) is 3.81. The van der Waals surface area contributed by atoms with Crippen LogP contribution < -0.4 is 10.6 Å². The van der Waals surface area contributed by atoms with Gasteiger partial charge >= 0.3 is 0 Å². The molecule has 134 valence electrons. The topological polar surface area (TPSA) is 72.1 Å². The smallest absolute Gasteiger partial charge is 0.191 e. The van der Waals surface area contributed by atoms with Crippen molar-refractivity contribution >= 4 is 29.9 Å². The van der Waals surface area contributed by atoms with Crippen molar-refractivity contribution in [2.24, 2.45) is 12.0 Å². The van der Waals surface area contributed by atoms with Crippen molar-refractivity contribution in [2.75, 3.05) is 13.1 Å². The maximum absolute atomic E-state index is 4.67. The first-order chi connectivity index (χ1) is 11.1. The van der Waals surface area contributed by atoms with Gasteiger partial charge < -0.3 is 10.6 Å². The number of hydrogen-bond acceptors (Lipinski definition) is 3. The summed E-state index contributed by atoms with van der Waals surface area (Å²) in [5, 5.41) is 15.3. The number of aliphatic imine (C=N–C) groups is 1. The van der Waals surface area contributed by atoms with Crippen LogP contribution in [-0.2, 0) is 20.1 Å². The number of guanidine groups is 1. The van der Waals surface area contributed by atoms with Gasteiger partial charge in [0.05, 0.1) is 12.2 Å². The highest BCUT2D eigenvalue weighted by molar-refractivity contribution is 14.0. The van der Waals surface area contributed by atoms with Gasteiger partial charge in [0.25, 0.3) is 0 Å². The van der Waals surface area contributed by atoms with Crippen LogP contribution in [0.5, 0.6) is 0 Å². The third-order valence-electron chi connectivity index (χ3n) is 3.81. The molecule has 24 heavy (non-hydrogen) atoms. The second kappa shape index (κ2) is 10.3. The summed E-state index contributed by atoms with van der Waals surface area (Å²) in [6.07, 6.45) is 4.78. The Morgan fingerprint density at radius 2 is 2.08 bits per heavy atom. The van der Waals surface area contributed by atoms with Crippen LogP contribution in [0.15, 0.2) is 23.5 Å². The molecule has 2 N–H and O–H groups in total. The Bertz CT molecular complexity index is 631. The van der Waals surface area contributed by atoms with Gasteiger partial charge in [0.1, 0.15) is 0 Å². The Kier molecular flexibility index (Phi) is 8.80. The van der Waals surface area contributed by atoms with Crippen LogP contribution in [0, 0.1) is 13.8 Å². The summed E-state index contributed by atoms with van der Waals surface area (Å²) in [6, 6.07) is 1.94. The molecule has 0 saturated carbocycles. The number of nitrogens with one attached hydrogen (secondary N) is 2. The Labute approximate surface area is 160 Å². The zero-order valence-electron chi connectivity index (χ0n) is 14.9. The number of hydrogen-bond donors (Lipinski definition) is 2. The molecule has 2 aromatic heterocycles. The fourth-order valence-electron chi connectivity index (χ4n) is 2.43. The lowest BCUT2D eigenvalue weighted by Crippen LogP contribution is -2.38. The molecule has 0 aliphatic heterocycles. The van der Waals surface area contributed by atoms with Crippen molar-refractivity contribution in [2.45, 2.75) is 40.3 Å². The summed E-state index contributed by atoms with van der Waals surface area (Å²) in [5.41, 5.74) is 3.41. The average molecular weight is 445 g/mol. The third kappa shape index (κ3) is 5.81. The average Bonchev–Trinajstić information content (AvgIpc) is 3.11. The first-order valence-corrected chi connectivity index (χ1v) is 8.10. The molecule has 2 heterocycles. The quantitative estimate of drug-likeness (QED) is 0.296. The predicted octanol–water partition coefficient (Wildman–Crippen LogP) is 2.00. The molecule has 0 fully saturated rings. The monoisotopic (exact) mass is 445 g/mol. The van der Waals surface area contributed by atoms with Gasteiger partial charge in [0.15, 0.2) is 5.96 Å². The van der Waals surface area contributed by atoms with Crippen LogP contribution in [0.4, 0.5) is 0 Å². The highest BCUT2D eigenvalue weighted by Gasteiger charge is 2.08. The Morgan fingerprint density at radius 1 is 1.29 bits per heavy atom. The minimum absolute atomic E-state index is 0. The van der Waals surface area contributed by atoms with E-state index in [-0.39, 0.29) is 24.0 Å². The molecule has 0 aliphatic rings. The zero-order valence-corrected chi connectivity index (χ0v) is 17.2. The van der Waals surface area contributed by atoms with Gasteiger partial charge in [-0.05, 0) is 33.3 Å². The molecule has 0 saturated heterocycles. The van der Waals surface area contributed by atoms with Crippen molar-refractivity contribution in [3.05, 3.63) is 35.4 Å². The van der Waals surface area contributed by atoms with Crippen molar-refractivity contribution < 1.29 is 0 Å². The fourth-order valence-corrected chi connectivity index (χ4v) is 2.43. The van der Waals surface area contributed by atoms with E-state index in [4.69, 9.17) is 0 Å². The van der Waals surface area contributed by atoms with Crippen LogP contribution >= 0.6 is 24.0 Å². The van der Waals surface area contributed by atoms with Crippen molar-refractivity contribution in [1.29, 1.82) is 0 Å². The summed E-state index contributed by atoms with van der Waals surface area (Å²) in [7, 11) is 1.97. The van der Waals surface area contributed by atoms with Gasteiger partial charge in [-0.3, -0.25) is 9.36 Å². The van der Waals surface area contributed by atoms with E-state index in [2.05, 4.69) is 39.7 Å². The highest BCUT2D eigenvalue weighted by Crippen LogP contribution is 2.12. The van der Waals surface area contributed by atoms with Gasteiger partial charge in [-0.2, -0.15) is 10.2 Å². The molecule has 0 spiro atoms. The van der Waals surface area contributed by atoms with Gasteiger partial charge in [-0.25, -0.2) is 4.99 Å². The van der Waals surface area contributed by atoms with Crippen molar-refractivity contribution in [3.8, 4) is 0 Å². The number of rotatable bonds is 7. The molecule has 0 atom stereocenters. The lowest BCUT2D eigenvalue weighted by molar-refractivity contribution is 0.570. The number of aromatic nitrogens is 4. The summed E-state index contributed by atoms with van der Waals surface area (Å²) < 4.78 is 3.85. The fraction of sp³-hybridized carbons (Fsp3) is 0.562. The maximum Gasteiger partial charge on any atom is 0.191 e. The Hall–Kier alpha value is -1.58. The largest absolute Gasteiger partial charge is 0.357 e. The zero-order chi connectivity index (χ0) is 16.7. The highest BCUT2D eigenvalue weighted by atomic mass is 127. The Balaban J connectivity index is 0.00000288. The molecule has 2 aromatic rings. The van der Waals surface area contributed by atoms with E-state index in [1.54, 1.807) is 6.20 Å². The van der Waals surface area contributed by atoms with Crippen LogP contribution in [0.2, 0.25) is 0 Å². The van der Waals surface area contributed by atoms with E-state index in [9.17, 15) is 0 Å². The molecule has 8 heteroatoms. The first-order valence-electron chi connectivity index (χ1n) is 8.10. The predicted molar refractivity (Wildman–Crippen MR) is 108 cm³/mol. The number of nitrogens with zero attached hydrogens (tertiary/aromatic N) is 5. The summed E-state index contributed by atoms with van der Waals surface area (Å²) in [6.45, 7) is 9.42. The van der Waals surface area contributed by atoms with E-state index < -0.39 is 0 Å². The van der Waals surface area contributed by atoms with Crippen molar-refractivity contribution in [1.82, 2.24) is 30.2 Å². The minimum Gasteiger partial charge on any atom is -0.357 e. The molecule has 7 nitrogen and oxygen atoms in total. The molecule has 0 unspecified atom stereocenters. The van der Waals surface area contributed by atoms with Crippen LogP contribution in [0.25, 0.3) is 0 Å². The summed E-state index contributed by atoms with van der Waals surface area (Å²) >= 11 is 0. The molecule has 0 aliphatic carbocycles. The Morgan fingerprint density at radius 3 is 2.67 bits per heavy atom. The first kappa shape index (κ1) is 20.5. The molecule has 0 radical (unpaired) electrons. The van der Waals surface area contributed by atoms with E-state index in [0.717, 1.165) is 37.7 Å². The van der Waals surface area contributed by atoms with Crippen molar-refractivity contribution in [3.63, 3.8) is 0 Å². The van der Waals surface area contributed by atoms with Gasteiger partial charge in [-0.1, -0.05) is 0 Å². The van der Waals surface area contributed by atoms with E-state index in [0.29, 0.717) is 6.54 Å². The molecule has 0 aromatic carbocycles. The molecular weight excluding hydrogens is 417 g/mol. The number of aryl methyl sites for hydroxylation is 3. The molecule has 2 rings (SSSR count). The van der Waals surface area contributed by atoms with Gasteiger partial charge in [0, 0.05) is 50.3 Å². The summed E-state index contributed by atoms with van der Waals surface area (Å²) in [4.78, 5) is 4.67. The lowest BCUT2D eigenvalue weighted by Gasteiger charge is -2.11. The SMILES string of the molecule is CCNC(=NCc1c(C)nn(C)c1C)NCCCn1cccn1.I. The van der Waals surface area contributed by atoms with E-state index in [1.165, 1.54) is 11.3 Å². The second-order valence-corrected chi connectivity index (χ2v) is 5.52. The van der Waals surface area contributed by atoms with Gasteiger partial charge in [-0.15, -0.1) is 24.0 Å². The molecular formula is C16H28IN7. The lowest BCUT2D eigenvalue weighted by atomic mass is 10.2.